The highest BCUT2D eigenvalue weighted by atomic mass is 35.5. The molecular formula is C27H22ClNO3. The molecule has 5 heteroatoms. The average molecular weight is 444 g/mol. The monoisotopic (exact) mass is 443 g/mol. The molecule has 0 radical (unpaired) electrons. The summed E-state index contributed by atoms with van der Waals surface area (Å²) in [7, 11) is 1.53. The van der Waals surface area contributed by atoms with Crippen molar-refractivity contribution in [3.63, 3.8) is 0 Å². The number of rotatable bonds is 2. The first-order chi connectivity index (χ1) is 15.3. The molecule has 160 valence electrons. The number of methoxy groups -OCH3 is 1. The first kappa shape index (κ1) is 19.6. The Kier molecular flexibility index (Phi) is 3.81. The van der Waals surface area contributed by atoms with Crippen molar-refractivity contribution in [1.29, 1.82) is 0 Å². The van der Waals surface area contributed by atoms with Crippen LogP contribution in [-0.2, 0) is 20.4 Å². The molecule has 3 aliphatic carbocycles. The quantitative estimate of drug-likeness (QED) is 0.518. The van der Waals surface area contributed by atoms with Gasteiger partial charge in [0.25, 0.3) is 0 Å². The van der Waals surface area contributed by atoms with Gasteiger partial charge in [-0.2, -0.15) is 0 Å². The van der Waals surface area contributed by atoms with E-state index in [1.807, 2.05) is 24.3 Å². The Bertz CT molecular complexity index is 1210. The summed E-state index contributed by atoms with van der Waals surface area (Å²) in [6.07, 6.45) is 0. The van der Waals surface area contributed by atoms with Crippen LogP contribution in [0.5, 0.6) is 5.75 Å². The lowest BCUT2D eigenvalue weighted by molar-refractivity contribution is -0.124. The maximum atomic E-state index is 14.1. The van der Waals surface area contributed by atoms with E-state index in [1.165, 1.54) is 12.0 Å². The second-order valence-corrected chi connectivity index (χ2v) is 9.72. The lowest BCUT2D eigenvalue weighted by Crippen LogP contribution is -2.59. The molecule has 0 spiro atoms. The fourth-order valence-corrected chi connectivity index (χ4v) is 6.81. The molecule has 1 saturated heterocycles. The molecule has 2 atom stereocenters. The highest BCUT2D eigenvalue weighted by Gasteiger charge is 2.70. The Balaban J connectivity index is 1.66. The number of amides is 2. The molecule has 1 aliphatic heterocycles. The maximum absolute atomic E-state index is 14.1. The number of hydrogen-bond acceptors (Lipinski definition) is 3. The molecule has 0 saturated carbocycles. The molecule has 2 bridgehead atoms. The van der Waals surface area contributed by atoms with Crippen molar-refractivity contribution in [2.45, 2.75) is 24.7 Å². The van der Waals surface area contributed by atoms with Crippen LogP contribution in [0.1, 0.15) is 36.1 Å². The van der Waals surface area contributed by atoms with Crippen LogP contribution in [0, 0.1) is 11.8 Å². The largest absolute Gasteiger partial charge is 0.495 e. The van der Waals surface area contributed by atoms with E-state index in [9.17, 15) is 9.59 Å². The molecule has 1 heterocycles. The SMILES string of the molecule is COc1ccc(Cl)cc1N1C(=O)[C@@H]2[C@@H](C1=O)C1(C)c3ccccc3C2(C)c2ccccc21. The lowest BCUT2D eigenvalue weighted by atomic mass is 9.42. The molecule has 7 rings (SSSR count). The zero-order valence-electron chi connectivity index (χ0n) is 18.1. The normalized spacial score (nSPS) is 29.6. The molecule has 0 aromatic heterocycles. The third-order valence-corrected chi connectivity index (χ3v) is 8.26. The Morgan fingerprint density at radius 1 is 0.781 bits per heavy atom. The van der Waals surface area contributed by atoms with Crippen molar-refractivity contribution >= 4 is 29.1 Å². The van der Waals surface area contributed by atoms with Gasteiger partial charge in [0.1, 0.15) is 5.75 Å². The van der Waals surface area contributed by atoms with E-state index in [1.54, 1.807) is 18.2 Å². The Morgan fingerprint density at radius 3 is 1.62 bits per heavy atom. The summed E-state index contributed by atoms with van der Waals surface area (Å²) >= 11 is 6.27. The summed E-state index contributed by atoms with van der Waals surface area (Å²) in [6.45, 7) is 4.23. The maximum Gasteiger partial charge on any atom is 0.239 e. The van der Waals surface area contributed by atoms with Crippen LogP contribution in [0.2, 0.25) is 5.02 Å². The van der Waals surface area contributed by atoms with Gasteiger partial charge in [0.05, 0.1) is 24.6 Å². The van der Waals surface area contributed by atoms with E-state index in [0.29, 0.717) is 16.5 Å². The number of carbonyl (C=O) groups excluding carboxylic acids is 2. The van der Waals surface area contributed by atoms with Crippen LogP contribution in [0.3, 0.4) is 0 Å². The summed E-state index contributed by atoms with van der Waals surface area (Å²) in [5, 5.41) is 0.447. The van der Waals surface area contributed by atoms with E-state index >= 15 is 0 Å². The van der Waals surface area contributed by atoms with Crippen molar-refractivity contribution in [3.8, 4) is 5.75 Å². The zero-order chi connectivity index (χ0) is 22.4. The summed E-state index contributed by atoms with van der Waals surface area (Å²) in [5.74, 6) is -0.953. The highest BCUT2D eigenvalue weighted by Crippen LogP contribution is 2.66. The van der Waals surface area contributed by atoms with E-state index in [0.717, 1.165) is 22.3 Å². The number of nitrogens with zero attached hydrogens (tertiary/aromatic N) is 1. The van der Waals surface area contributed by atoms with Gasteiger partial charge in [-0.05, 0) is 40.5 Å². The molecule has 32 heavy (non-hydrogen) atoms. The summed E-state index contributed by atoms with van der Waals surface area (Å²) < 4.78 is 5.50. The lowest BCUT2D eigenvalue weighted by Gasteiger charge is -2.57. The van der Waals surface area contributed by atoms with Gasteiger partial charge in [-0.25, -0.2) is 4.90 Å². The van der Waals surface area contributed by atoms with Crippen molar-refractivity contribution in [3.05, 3.63) is 94.0 Å². The summed E-state index contributed by atoms with van der Waals surface area (Å²) in [4.78, 5) is 29.5. The van der Waals surface area contributed by atoms with Gasteiger partial charge >= 0.3 is 0 Å². The second kappa shape index (κ2) is 6.23. The number of imide groups is 1. The van der Waals surface area contributed by atoms with Crippen LogP contribution in [0.25, 0.3) is 0 Å². The van der Waals surface area contributed by atoms with Crippen LogP contribution in [0.15, 0.2) is 66.7 Å². The van der Waals surface area contributed by atoms with Crippen LogP contribution >= 0.6 is 11.6 Å². The van der Waals surface area contributed by atoms with Crippen molar-refractivity contribution in [2.75, 3.05) is 12.0 Å². The number of benzene rings is 3. The van der Waals surface area contributed by atoms with Gasteiger partial charge in [-0.1, -0.05) is 74.0 Å². The van der Waals surface area contributed by atoms with Gasteiger partial charge in [-0.15, -0.1) is 0 Å². The third-order valence-electron chi connectivity index (χ3n) is 8.02. The molecule has 3 aromatic carbocycles. The fourth-order valence-electron chi connectivity index (χ4n) is 6.65. The fraction of sp³-hybridized carbons (Fsp3) is 0.259. The van der Waals surface area contributed by atoms with Gasteiger partial charge in [-0.3, -0.25) is 9.59 Å². The topological polar surface area (TPSA) is 46.6 Å². The van der Waals surface area contributed by atoms with E-state index in [2.05, 4.69) is 38.1 Å². The molecule has 3 aromatic rings. The van der Waals surface area contributed by atoms with Crippen molar-refractivity contribution in [2.24, 2.45) is 11.8 Å². The molecule has 0 unspecified atom stereocenters. The zero-order valence-corrected chi connectivity index (χ0v) is 18.8. The Morgan fingerprint density at radius 2 is 1.22 bits per heavy atom. The smallest absolute Gasteiger partial charge is 0.239 e. The molecule has 4 aliphatic rings. The highest BCUT2D eigenvalue weighted by molar-refractivity contribution is 6.32. The number of halogens is 1. The predicted octanol–water partition coefficient (Wildman–Crippen LogP) is 5.09. The predicted molar refractivity (Wildman–Crippen MR) is 123 cm³/mol. The van der Waals surface area contributed by atoms with Crippen molar-refractivity contribution in [1.82, 2.24) is 0 Å². The minimum absolute atomic E-state index is 0.196. The molecule has 1 fully saturated rings. The minimum Gasteiger partial charge on any atom is -0.495 e. The third kappa shape index (κ3) is 2.04. The Hall–Kier alpha value is -3.11. The van der Waals surface area contributed by atoms with Crippen LogP contribution in [0.4, 0.5) is 5.69 Å². The number of carbonyl (C=O) groups is 2. The Labute approximate surface area is 191 Å². The average Bonchev–Trinajstić information content (AvgIpc) is 3.08. The molecule has 0 N–H and O–H groups in total. The number of hydrogen-bond donors (Lipinski definition) is 0. The molecule has 4 nitrogen and oxygen atoms in total. The number of ether oxygens (including phenoxy) is 1. The first-order valence-electron chi connectivity index (χ1n) is 10.8. The van der Waals surface area contributed by atoms with Gasteiger partial charge in [0, 0.05) is 15.9 Å². The number of anilines is 1. The standard InChI is InChI=1S/C27H22ClNO3/c1-26-16-8-4-6-10-18(16)27(2,19-11-7-5-9-17(19)26)23-22(26)24(30)29(25(23)31)20-14-15(28)12-13-21(20)32-3/h4-14,22-23H,1-3H3/t22-,23-,26?,27?/m0/s1. The van der Waals surface area contributed by atoms with Crippen LogP contribution in [-0.4, -0.2) is 18.9 Å². The molecular weight excluding hydrogens is 422 g/mol. The summed E-state index contributed by atoms with van der Waals surface area (Å²) in [6, 6.07) is 21.5. The van der Waals surface area contributed by atoms with Gasteiger partial charge < -0.3 is 4.74 Å². The first-order valence-corrected chi connectivity index (χ1v) is 11.1. The van der Waals surface area contributed by atoms with E-state index in [4.69, 9.17) is 16.3 Å². The van der Waals surface area contributed by atoms with Gasteiger partial charge in [0.2, 0.25) is 11.8 Å². The summed E-state index contributed by atoms with van der Waals surface area (Å²) in [5.41, 5.74) is 3.70. The van der Waals surface area contributed by atoms with E-state index < -0.39 is 22.7 Å². The second-order valence-electron chi connectivity index (χ2n) is 9.28. The van der Waals surface area contributed by atoms with Gasteiger partial charge in [0.15, 0.2) is 0 Å². The van der Waals surface area contributed by atoms with E-state index in [-0.39, 0.29) is 11.8 Å². The minimum atomic E-state index is -0.608. The van der Waals surface area contributed by atoms with Crippen molar-refractivity contribution < 1.29 is 14.3 Å². The molecule has 2 amide bonds. The van der Waals surface area contributed by atoms with Crippen LogP contribution < -0.4 is 9.64 Å².